The van der Waals surface area contributed by atoms with Gasteiger partial charge in [0.05, 0.1) is 23.5 Å². The van der Waals surface area contributed by atoms with Crippen molar-refractivity contribution in [2.24, 2.45) is 0 Å². The van der Waals surface area contributed by atoms with Crippen LogP contribution in [0.15, 0.2) is 36.4 Å². The molecule has 2 aromatic carbocycles. The predicted octanol–water partition coefficient (Wildman–Crippen LogP) is 4.41. The fourth-order valence-electron chi connectivity index (χ4n) is 2.45. The summed E-state index contributed by atoms with van der Waals surface area (Å²) in [5, 5.41) is 0. The van der Waals surface area contributed by atoms with Gasteiger partial charge >= 0.3 is 0 Å². The number of alkyl halides is 1. The molecule has 108 valence electrons. The molecule has 0 atom stereocenters. The number of fused-ring (bicyclic) bond motifs is 1. The molecule has 0 unspecified atom stereocenters. The Hall–Kier alpha value is -1.94. The van der Waals surface area contributed by atoms with Crippen LogP contribution in [0.2, 0.25) is 0 Å². The third kappa shape index (κ3) is 2.51. The van der Waals surface area contributed by atoms with Crippen molar-refractivity contribution in [2.45, 2.75) is 19.3 Å². The molecule has 2 nitrogen and oxygen atoms in total. The Balaban J connectivity index is 2.15. The Morgan fingerprint density at radius 3 is 2.76 bits per heavy atom. The first kappa shape index (κ1) is 14.0. The Kier molecular flexibility index (Phi) is 3.64. The molecule has 0 radical (unpaired) electrons. The van der Waals surface area contributed by atoms with Crippen molar-refractivity contribution < 1.29 is 8.78 Å². The van der Waals surface area contributed by atoms with Crippen molar-refractivity contribution in [3.05, 3.63) is 65.0 Å². The van der Waals surface area contributed by atoms with E-state index < -0.39 is 11.6 Å². The van der Waals surface area contributed by atoms with Crippen LogP contribution in [0.3, 0.4) is 0 Å². The van der Waals surface area contributed by atoms with Gasteiger partial charge in [-0.1, -0.05) is 12.1 Å². The van der Waals surface area contributed by atoms with Crippen LogP contribution in [0, 0.1) is 18.6 Å². The highest BCUT2D eigenvalue weighted by Crippen LogP contribution is 2.23. The number of nitrogens with zero attached hydrogens (tertiary/aromatic N) is 2. The standard InChI is InChI=1S/C16H13ClF2N2/c1-10-3-2-4-14-16(10)20-15(8-17)21(14)9-11-7-12(18)5-6-13(11)19/h2-7H,8-9H2,1H3. The van der Waals surface area contributed by atoms with Gasteiger partial charge in [-0.3, -0.25) is 0 Å². The lowest BCUT2D eigenvalue weighted by Crippen LogP contribution is -2.06. The third-order valence-electron chi connectivity index (χ3n) is 3.52. The zero-order chi connectivity index (χ0) is 15.0. The van der Waals surface area contributed by atoms with E-state index in [1.807, 2.05) is 29.7 Å². The van der Waals surface area contributed by atoms with Gasteiger partial charge in [0.25, 0.3) is 0 Å². The summed E-state index contributed by atoms with van der Waals surface area (Å²) >= 11 is 5.94. The summed E-state index contributed by atoms with van der Waals surface area (Å²) in [7, 11) is 0. The molecule has 3 rings (SSSR count). The van der Waals surface area contributed by atoms with Gasteiger partial charge < -0.3 is 4.57 Å². The molecule has 0 aliphatic carbocycles. The molecule has 3 aromatic rings. The number of benzene rings is 2. The zero-order valence-corrected chi connectivity index (χ0v) is 12.2. The molecule has 0 amide bonds. The Morgan fingerprint density at radius 1 is 1.19 bits per heavy atom. The third-order valence-corrected chi connectivity index (χ3v) is 3.75. The molecule has 21 heavy (non-hydrogen) atoms. The van der Waals surface area contributed by atoms with E-state index in [1.165, 1.54) is 6.07 Å². The number of imidazole rings is 1. The molecule has 0 N–H and O–H groups in total. The smallest absolute Gasteiger partial charge is 0.128 e. The van der Waals surface area contributed by atoms with Crippen LogP contribution in [0.4, 0.5) is 8.78 Å². The quantitative estimate of drug-likeness (QED) is 0.655. The number of aryl methyl sites for hydroxylation is 1. The van der Waals surface area contributed by atoms with Crippen LogP contribution in [-0.2, 0) is 12.4 Å². The lowest BCUT2D eigenvalue weighted by atomic mass is 10.2. The summed E-state index contributed by atoms with van der Waals surface area (Å²) in [6, 6.07) is 9.22. The first-order chi connectivity index (χ1) is 10.1. The van der Waals surface area contributed by atoms with Crippen molar-refractivity contribution >= 4 is 22.6 Å². The van der Waals surface area contributed by atoms with Crippen molar-refractivity contribution in [1.82, 2.24) is 9.55 Å². The number of hydrogen-bond donors (Lipinski definition) is 0. The first-order valence-corrected chi connectivity index (χ1v) is 7.08. The second kappa shape index (κ2) is 5.45. The minimum Gasteiger partial charge on any atom is -0.322 e. The maximum Gasteiger partial charge on any atom is 0.128 e. The van der Waals surface area contributed by atoms with Crippen molar-refractivity contribution in [3.63, 3.8) is 0 Å². The summed E-state index contributed by atoms with van der Waals surface area (Å²) < 4.78 is 29.0. The maximum absolute atomic E-state index is 13.8. The van der Waals surface area contributed by atoms with E-state index in [4.69, 9.17) is 11.6 Å². The highest BCUT2D eigenvalue weighted by Gasteiger charge is 2.13. The number of hydrogen-bond acceptors (Lipinski definition) is 1. The van der Waals surface area contributed by atoms with Gasteiger partial charge in [0, 0.05) is 5.56 Å². The molecule has 0 aliphatic rings. The molecule has 0 bridgehead atoms. The average Bonchev–Trinajstić information content (AvgIpc) is 2.82. The summed E-state index contributed by atoms with van der Waals surface area (Å²) in [6.45, 7) is 2.16. The summed E-state index contributed by atoms with van der Waals surface area (Å²) in [4.78, 5) is 4.49. The van der Waals surface area contributed by atoms with Gasteiger partial charge in [-0.2, -0.15) is 0 Å². The Bertz CT molecular complexity index is 811. The van der Waals surface area contributed by atoms with Crippen LogP contribution < -0.4 is 0 Å². The summed E-state index contributed by atoms with van der Waals surface area (Å²) in [5.74, 6) is -0.0408. The van der Waals surface area contributed by atoms with Gasteiger partial charge in [-0.05, 0) is 36.8 Å². The van der Waals surface area contributed by atoms with E-state index >= 15 is 0 Å². The molecule has 1 aromatic heterocycles. The van der Waals surface area contributed by atoms with Crippen LogP contribution in [0.1, 0.15) is 17.0 Å². The van der Waals surface area contributed by atoms with E-state index in [1.54, 1.807) is 0 Å². The molecule has 0 aliphatic heterocycles. The van der Waals surface area contributed by atoms with Crippen molar-refractivity contribution in [2.75, 3.05) is 0 Å². The van der Waals surface area contributed by atoms with E-state index in [9.17, 15) is 8.78 Å². The van der Waals surface area contributed by atoms with Gasteiger partial charge in [-0.15, -0.1) is 11.6 Å². The fourth-order valence-corrected chi connectivity index (χ4v) is 2.65. The lowest BCUT2D eigenvalue weighted by Gasteiger charge is -2.09. The summed E-state index contributed by atoms with van der Waals surface area (Å²) in [5.41, 5.74) is 3.01. The van der Waals surface area contributed by atoms with Gasteiger partial charge in [0.1, 0.15) is 17.5 Å². The van der Waals surface area contributed by atoms with E-state index in [0.29, 0.717) is 5.82 Å². The van der Waals surface area contributed by atoms with Gasteiger partial charge in [0.2, 0.25) is 0 Å². The normalized spacial score (nSPS) is 11.2. The highest BCUT2D eigenvalue weighted by atomic mass is 35.5. The van der Waals surface area contributed by atoms with Crippen LogP contribution in [0.5, 0.6) is 0 Å². The average molecular weight is 307 g/mol. The molecule has 0 saturated heterocycles. The van der Waals surface area contributed by atoms with E-state index in [-0.39, 0.29) is 18.0 Å². The molecule has 0 saturated carbocycles. The lowest BCUT2D eigenvalue weighted by molar-refractivity contribution is 0.577. The maximum atomic E-state index is 13.8. The second-order valence-electron chi connectivity index (χ2n) is 4.93. The molecular weight excluding hydrogens is 294 g/mol. The monoisotopic (exact) mass is 306 g/mol. The SMILES string of the molecule is Cc1cccc2c1nc(CCl)n2Cc1cc(F)ccc1F. The minimum atomic E-state index is -0.459. The van der Waals surface area contributed by atoms with Crippen LogP contribution in [-0.4, -0.2) is 9.55 Å². The van der Waals surface area contributed by atoms with Crippen molar-refractivity contribution in [3.8, 4) is 0 Å². The molecular formula is C16H13ClF2N2. The summed E-state index contributed by atoms with van der Waals surface area (Å²) in [6.07, 6.45) is 0. The van der Waals surface area contributed by atoms with Gasteiger partial charge in [-0.25, -0.2) is 13.8 Å². The first-order valence-electron chi connectivity index (χ1n) is 6.55. The van der Waals surface area contributed by atoms with Crippen LogP contribution in [0.25, 0.3) is 11.0 Å². The van der Waals surface area contributed by atoms with Crippen LogP contribution >= 0.6 is 11.6 Å². The minimum absolute atomic E-state index is 0.200. The second-order valence-corrected chi connectivity index (χ2v) is 5.19. The number of rotatable bonds is 3. The Morgan fingerprint density at radius 2 is 2.00 bits per heavy atom. The number of para-hydroxylation sites is 1. The van der Waals surface area contributed by atoms with Crippen molar-refractivity contribution in [1.29, 1.82) is 0 Å². The van der Waals surface area contributed by atoms with Gasteiger partial charge in [0.15, 0.2) is 0 Å². The molecule has 0 spiro atoms. The van der Waals surface area contributed by atoms with E-state index in [0.717, 1.165) is 28.7 Å². The fraction of sp³-hybridized carbons (Fsp3) is 0.188. The zero-order valence-electron chi connectivity index (χ0n) is 11.4. The Labute approximate surface area is 126 Å². The topological polar surface area (TPSA) is 17.8 Å². The largest absolute Gasteiger partial charge is 0.322 e. The predicted molar refractivity (Wildman–Crippen MR) is 79.5 cm³/mol. The van der Waals surface area contributed by atoms with E-state index in [2.05, 4.69) is 4.98 Å². The number of halogens is 3. The highest BCUT2D eigenvalue weighted by molar-refractivity contribution is 6.16. The number of aromatic nitrogens is 2. The molecule has 5 heteroatoms. The molecule has 1 heterocycles. The molecule has 0 fully saturated rings.